The predicted molar refractivity (Wildman–Crippen MR) is 95.0 cm³/mol. The molecule has 25 heavy (non-hydrogen) atoms. The number of carboxylic acid groups (broad SMARTS) is 1. The Balaban J connectivity index is 3.08. The second kappa shape index (κ2) is 8.44. The second-order valence-corrected chi connectivity index (χ2v) is 7.72. The van der Waals surface area contributed by atoms with Crippen molar-refractivity contribution in [3.05, 3.63) is 29.3 Å². The number of sulfonamides is 1. The summed E-state index contributed by atoms with van der Waals surface area (Å²) >= 11 is 0. The molecule has 1 aromatic rings. The molecule has 0 aromatic heterocycles. The minimum absolute atomic E-state index is 0.000538. The van der Waals surface area contributed by atoms with Crippen molar-refractivity contribution in [3.63, 3.8) is 0 Å². The lowest BCUT2D eigenvalue weighted by Gasteiger charge is -2.27. The quantitative estimate of drug-likeness (QED) is 0.615. The van der Waals surface area contributed by atoms with E-state index in [0.29, 0.717) is 18.4 Å². The molecule has 0 unspecified atom stereocenters. The second-order valence-electron chi connectivity index (χ2n) is 5.95. The van der Waals surface area contributed by atoms with Crippen LogP contribution in [0.1, 0.15) is 49.5 Å². The van der Waals surface area contributed by atoms with Crippen LogP contribution in [0, 0.1) is 12.3 Å². The molecule has 0 fully saturated rings. The van der Waals surface area contributed by atoms with E-state index in [2.05, 4.69) is 10.0 Å². The van der Waals surface area contributed by atoms with Crippen molar-refractivity contribution >= 4 is 21.9 Å². The normalized spacial score (nSPS) is 12.0. The first-order valence-corrected chi connectivity index (χ1v) is 9.73. The van der Waals surface area contributed by atoms with Crippen molar-refractivity contribution in [1.82, 2.24) is 10.0 Å². The van der Waals surface area contributed by atoms with Crippen LogP contribution < -0.4 is 10.0 Å². The average molecular weight is 370 g/mol. The molecule has 7 nitrogen and oxygen atoms in total. The Kier molecular flexibility index (Phi) is 7.13. The highest BCUT2D eigenvalue weighted by Gasteiger charge is 2.35. The first-order valence-electron chi connectivity index (χ1n) is 8.25. The molecule has 0 bridgehead atoms. The summed E-state index contributed by atoms with van der Waals surface area (Å²) in [6.07, 6.45) is 0.764. The lowest BCUT2D eigenvalue weighted by Crippen LogP contribution is -2.42. The van der Waals surface area contributed by atoms with E-state index in [0.717, 1.165) is 0 Å². The van der Waals surface area contributed by atoms with Crippen LogP contribution in [0.15, 0.2) is 23.1 Å². The van der Waals surface area contributed by atoms with Gasteiger partial charge in [0, 0.05) is 18.7 Å². The third-order valence-corrected chi connectivity index (χ3v) is 6.04. The topological polar surface area (TPSA) is 113 Å². The fourth-order valence-electron chi connectivity index (χ4n) is 2.51. The maximum atomic E-state index is 12.5. The van der Waals surface area contributed by atoms with Gasteiger partial charge >= 0.3 is 5.97 Å². The van der Waals surface area contributed by atoms with Crippen LogP contribution >= 0.6 is 0 Å². The van der Waals surface area contributed by atoms with Gasteiger partial charge in [0.25, 0.3) is 5.91 Å². The zero-order valence-electron chi connectivity index (χ0n) is 15.0. The van der Waals surface area contributed by atoms with Crippen molar-refractivity contribution in [2.24, 2.45) is 5.41 Å². The maximum Gasteiger partial charge on any atom is 0.311 e. The van der Waals surface area contributed by atoms with Crippen LogP contribution in [0.3, 0.4) is 0 Å². The van der Waals surface area contributed by atoms with Gasteiger partial charge in [0.15, 0.2) is 0 Å². The maximum absolute atomic E-state index is 12.5. The SMILES string of the molecule is CCNS(=O)(=O)c1ccc(C)c(C(=O)NCC(CC)(CC)C(=O)O)c1. The van der Waals surface area contributed by atoms with Crippen molar-refractivity contribution in [2.45, 2.75) is 45.4 Å². The molecule has 0 atom stereocenters. The number of nitrogens with one attached hydrogen (secondary N) is 2. The van der Waals surface area contributed by atoms with E-state index in [1.807, 2.05) is 0 Å². The van der Waals surface area contributed by atoms with E-state index < -0.39 is 27.3 Å². The van der Waals surface area contributed by atoms with E-state index in [-0.39, 0.29) is 23.5 Å². The zero-order valence-corrected chi connectivity index (χ0v) is 15.9. The van der Waals surface area contributed by atoms with Gasteiger partial charge in [0.05, 0.1) is 10.3 Å². The minimum atomic E-state index is -3.67. The largest absolute Gasteiger partial charge is 0.481 e. The van der Waals surface area contributed by atoms with Gasteiger partial charge in [-0.05, 0) is 37.5 Å². The smallest absolute Gasteiger partial charge is 0.311 e. The summed E-state index contributed by atoms with van der Waals surface area (Å²) in [5.41, 5.74) is -0.204. The van der Waals surface area contributed by atoms with Crippen LogP contribution in [-0.2, 0) is 14.8 Å². The Morgan fingerprint density at radius 1 is 1.16 bits per heavy atom. The average Bonchev–Trinajstić information content (AvgIpc) is 2.55. The molecular weight excluding hydrogens is 344 g/mol. The number of hydrogen-bond acceptors (Lipinski definition) is 4. The molecule has 0 aliphatic rings. The molecule has 0 aliphatic carbocycles. The lowest BCUT2D eigenvalue weighted by atomic mass is 9.82. The summed E-state index contributed by atoms with van der Waals surface area (Å²) < 4.78 is 26.6. The Bertz CT molecular complexity index is 739. The number of hydrogen-bond donors (Lipinski definition) is 3. The van der Waals surface area contributed by atoms with Gasteiger partial charge in [-0.2, -0.15) is 0 Å². The third kappa shape index (κ3) is 4.79. The Morgan fingerprint density at radius 3 is 2.24 bits per heavy atom. The number of rotatable bonds is 9. The highest BCUT2D eigenvalue weighted by Crippen LogP contribution is 2.26. The molecule has 0 saturated carbocycles. The highest BCUT2D eigenvalue weighted by molar-refractivity contribution is 7.89. The molecule has 1 amide bonds. The van der Waals surface area contributed by atoms with Crippen molar-refractivity contribution in [3.8, 4) is 0 Å². The molecule has 3 N–H and O–H groups in total. The zero-order chi connectivity index (χ0) is 19.3. The van der Waals surface area contributed by atoms with Crippen molar-refractivity contribution < 1.29 is 23.1 Å². The van der Waals surface area contributed by atoms with Gasteiger partial charge < -0.3 is 10.4 Å². The van der Waals surface area contributed by atoms with E-state index in [9.17, 15) is 23.1 Å². The van der Waals surface area contributed by atoms with E-state index >= 15 is 0 Å². The van der Waals surface area contributed by atoms with E-state index in [4.69, 9.17) is 0 Å². The van der Waals surface area contributed by atoms with E-state index in [1.54, 1.807) is 33.8 Å². The van der Waals surface area contributed by atoms with Gasteiger partial charge in [-0.25, -0.2) is 13.1 Å². The van der Waals surface area contributed by atoms with Crippen LogP contribution in [0.5, 0.6) is 0 Å². The number of benzene rings is 1. The number of carboxylic acids is 1. The first kappa shape index (κ1) is 21.1. The summed E-state index contributed by atoms with van der Waals surface area (Å²) in [6, 6.07) is 4.30. The molecule has 0 aliphatic heterocycles. The van der Waals surface area contributed by atoms with E-state index in [1.165, 1.54) is 12.1 Å². The number of aryl methyl sites for hydroxylation is 1. The fourth-order valence-corrected chi connectivity index (χ4v) is 3.58. The number of carbonyl (C=O) groups is 2. The molecule has 140 valence electrons. The standard InChI is InChI=1S/C17H26N2O5S/c1-5-17(6-2,16(21)22)11-18-15(20)14-10-13(9-8-12(14)4)25(23,24)19-7-3/h8-10,19H,5-7,11H2,1-4H3,(H,18,20)(H,21,22). The van der Waals surface area contributed by atoms with Crippen molar-refractivity contribution in [2.75, 3.05) is 13.1 Å². The molecule has 0 radical (unpaired) electrons. The first-order chi connectivity index (χ1) is 11.6. The van der Waals surface area contributed by atoms with Crippen LogP contribution in [0.2, 0.25) is 0 Å². The van der Waals surface area contributed by atoms with Crippen LogP contribution in [-0.4, -0.2) is 38.5 Å². The van der Waals surface area contributed by atoms with Crippen LogP contribution in [0.25, 0.3) is 0 Å². The van der Waals surface area contributed by atoms with Crippen molar-refractivity contribution in [1.29, 1.82) is 0 Å². The highest BCUT2D eigenvalue weighted by atomic mass is 32.2. The molecule has 0 saturated heterocycles. The molecule has 8 heteroatoms. The number of aliphatic carboxylic acids is 1. The summed E-state index contributed by atoms with van der Waals surface area (Å²) in [6.45, 7) is 7.12. The summed E-state index contributed by atoms with van der Waals surface area (Å²) in [4.78, 5) is 24.0. The van der Waals surface area contributed by atoms with Gasteiger partial charge in [-0.3, -0.25) is 9.59 Å². The third-order valence-electron chi connectivity index (χ3n) is 4.49. The molecule has 1 aromatic carbocycles. The Hall–Kier alpha value is -1.93. The minimum Gasteiger partial charge on any atom is -0.481 e. The molecule has 0 heterocycles. The van der Waals surface area contributed by atoms with Gasteiger partial charge in [0.1, 0.15) is 0 Å². The molecule has 1 rings (SSSR count). The Morgan fingerprint density at radius 2 is 1.76 bits per heavy atom. The van der Waals surface area contributed by atoms with Gasteiger partial charge in [0.2, 0.25) is 10.0 Å². The summed E-state index contributed by atoms with van der Waals surface area (Å²) in [5, 5.41) is 12.1. The van der Waals surface area contributed by atoms with Crippen LogP contribution in [0.4, 0.5) is 0 Å². The molecule has 0 spiro atoms. The summed E-state index contributed by atoms with van der Waals surface area (Å²) in [7, 11) is -3.67. The fraction of sp³-hybridized carbons (Fsp3) is 0.529. The molecular formula is C17H26N2O5S. The monoisotopic (exact) mass is 370 g/mol. The predicted octanol–water partition coefficient (Wildman–Crippen LogP) is 1.91. The number of amides is 1. The van der Waals surface area contributed by atoms with Gasteiger partial charge in [-0.1, -0.05) is 26.8 Å². The number of carbonyl (C=O) groups excluding carboxylic acids is 1. The Labute approximate surface area is 148 Å². The lowest BCUT2D eigenvalue weighted by molar-refractivity contribution is -0.149. The summed E-state index contributed by atoms with van der Waals surface area (Å²) in [5.74, 6) is -1.45. The van der Waals surface area contributed by atoms with Gasteiger partial charge in [-0.15, -0.1) is 0 Å².